The van der Waals surface area contributed by atoms with Gasteiger partial charge in [-0.25, -0.2) is 0 Å². The van der Waals surface area contributed by atoms with Crippen LogP contribution in [0.1, 0.15) is 0 Å². The first-order valence-corrected chi connectivity index (χ1v) is 0. The predicted octanol–water partition coefficient (Wildman–Crippen LogP) is -0.0100. The minimum Gasteiger partial charge on any atom is 0 e. The van der Waals surface area contributed by atoms with Crippen molar-refractivity contribution in [3.63, 3.8) is 0 Å². The SMILES string of the molecule is [Cu].[Fe].[Mn].[Mo]. The van der Waals surface area contributed by atoms with Crippen LogP contribution in [0.5, 0.6) is 0 Å². The third kappa shape index (κ3) is 8.87. The summed E-state index contributed by atoms with van der Waals surface area (Å²) < 4.78 is 0. The predicted molar refractivity (Wildman–Crippen MR) is 0 cm³/mol. The maximum atomic E-state index is 0. The maximum Gasteiger partial charge on any atom is 0 e. The maximum absolute atomic E-state index is 0. The van der Waals surface area contributed by atoms with E-state index in [1.165, 1.54) is 0 Å². The Balaban J connectivity index is 0. The van der Waals surface area contributed by atoms with Crippen molar-refractivity contribution in [2.45, 2.75) is 0 Å². The minimum absolute atomic E-state index is 0. The molecule has 0 amide bonds. The summed E-state index contributed by atoms with van der Waals surface area (Å²) in [7, 11) is 0. The van der Waals surface area contributed by atoms with Gasteiger partial charge in [-0.2, -0.15) is 0 Å². The van der Waals surface area contributed by atoms with Gasteiger partial charge in [-0.1, -0.05) is 0 Å². The molecule has 0 heterocycles. The van der Waals surface area contributed by atoms with Crippen molar-refractivity contribution in [2.75, 3.05) is 0 Å². The molecule has 2 radical (unpaired) electrons. The van der Waals surface area contributed by atoms with Gasteiger partial charge < -0.3 is 0 Å². The molecule has 0 saturated carbocycles. The summed E-state index contributed by atoms with van der Waals surface area (Å²) >= 11 is 0. The minimum atomic E-state index is 0. The van der Waals surface area contributed by atoms with Crippen LogP contribution in [0.3, 0.4) is 0 Å². The number of hydrogen-bond donors (Lipinski definition) is 0. The monoisotopic (exact) mass is 272 g/mol. The van der Waals surface area contributed by atoms with Gasteiger partial charge in [-0.15, -0.1) is 0 Å². The summed E-state index contributed by atoms with van der Waals surface area (Å²) in [6.07, 6.45) is 0. The number of rotatable bonds is 0. The van der Waals surface area contributed by atoms with Gasteiger partial charge in [0.1, 0.15) is 0 Å². The fourth-order valence-corrected chi connectivity index (χ4v) is 0. The molecule has 0 aromatic carbocycles. The summed E-state index contributed by atoms with van der Waals surface area (Å²) in [6.45, 7) is 0. The second-order valence-electron chi connectivity index (χ2n) is 0. The Hall–Kier alpha value is 2.25. The van der Waals surface area contributed by atoms with Crippen LogP contribution < -0.4 is 0 Å². The van der Waals surface area contributed by atoms with Crippen molar-refractivity contribution >= 4 is 0 Å². The van der Waals surface area contributed by atoms with E-state index in [1.807, 2.05) is 0 Å². The fourth-order valence-electron chi connectivity index (χ4n) is 0. The summed E-state index contributed by atoms with van der Waals surface area (Å²) in [5.74, 6) is 0. The topological polar surface area (TPSA) is 0 Å². The first kappa shape index (κ1) is 34.1. The largest absolute Gasteiger partial charge is 0 e. The van der Waals surface area contributed by atoms with E-state index >= 15 is 0 Å². The van der Waals surface area contributed by atoms with E-state index in [0.717, 1.165) is 0 Å². The second kappa shape index (κ2) is 18.7. The van der Waals surface area contributed by atoms with Crippen molar-refractivity contribution in [1.29, 1.82) is 0 Å². The van der Waals surface area contributed by atoms with Crippen molar-refractivity contribution in [1.82, 2.24) is 0 Å². The van der Waals surface area contributed by atoms with Crippen LogP contribution in [0.15, 0.2) is 0 Å². The molecule has 0 aromatic heterocycles. The smallest absolute Gasteiger partial charge is 0 e. The van der Waals surface area contributed by atoms with Crippen LogP contribution in [0, 0.1) is 0 Å². The number of hydrogen-bond acceptors (Lipinski definition) is 0. The van der Waals surface area contributed by atoms with Crippen LogP contribution >= 0.6 is 0 Å². The zero-order valence-corrected chi connectivity index (χ0v) is 6.67. The Bertz CT molecular complexity index is 8.00. The van der Waals surface area contributed by atoms with Crippen LogP contribution in [0.2, 0.25) is 0 Å². The molecule has 0 aromatic rings. The van der Waals surface area contributed by atoms with Gasteiger partial charge in [-0.05, 0) is 0 Å². The molecular formula is CuFeMnMo. The Labute approximate surface area is 71.5 Å². The normalized spacial score (nSPS) is 0. The molecule has 4 heavy (non-hydrogen) atoms. The zero-order valence-electron chi connectivity index (χ0n) is 1.44. The molecule has 32 valence electrons. The van der Waals surface area contributed by atoms with E-state index in [0.29, 0.717) is 0 Å². The molecule has 0 saturated heterocycles. The summed E-state index contributed by atoms with van der Waals surface area (Å²) in [5, 5.41) is 0. The van der Waals surface area contributed by atoms with Gasteiger partial charge in [0.05, 0.1) is 0 Å². The van der Waals surface area contributed by atoms with E-state index in [9.17, 15) is 0 Å². The average Bonchev–Trinajstić information content (AvgIpc) is 0. The summed E-state index contributed by atoms with van der Waals surface area (Å²) in [5.41, 5.74) is 0. The van der Waals surface area contributed by atoms with Crippen molar-refractivity contribution in [3.05, 3.63) is 0 Å². The van der Waals surface area contributed by atoms with Crippen LogP contribution in [0.4, 0.5) is 0 Å². The molecule has 0 spiro atoms. The van der Waals surface area contributed by atoms with E-state index in [-0.39, 0.29) is 72.3 Å². The Morgan fingerprint density at radius 2 is 1.00 bits per heavy atom. The molecule has 0 atom stereocenters. The molecule has 0 aliphatic rings. The first-order valence-electron chi connectivity index (χ1n) is 0. The van der Waals surface area contributed by atoms with E-state index in [2.05, 4.69) is 0 Å². The molecule has 0 aliphatic carbocycles. The molecular weight excluding hydrogens is 270 g/mol. The first-order chi connectivity index (χ1) is 0. The molecule has 0 rings (SSSR count). The van der Waals surface area contributed by atoms with Gasteiger partial charge in [0.2, 0.25) is 0 Å². The third-order valence-electron chi connectivity index (χ3n) is 0. The van der Waals surface area contributed by atoms with E-state index in [1.54, 1.807) is 0 Å². The molecule has 0 unspecified atom stereocenters. The zero-order chi connectivity index (χ0) is 0. The molecule has 4 heteroatoms. The van der Waals surface area contributed by atoms with Crippen LogP contribution in [-0.2, 0) is 72.3 Å². The van der Waals surface area contributed by atoms with Crippen molar-refractivity contribution < 1.29 is 72.3 Å². The molecule has 0 fully saturated rings. The van der Waals surface area contributed by atoms with Gasteiger partial charge >= 0.3 is 0 Å². The molecule has 0 N–H and O–H groups in total. The quantitative estimate of drug-likeness (QED) is 0.543. The second-order valence-corrected chi connectivity index (χ2v) is 0. The summed E-state index contributed by atoms with van der Waals surface area (Å²) in [4.78, 5) is 0. The van der Waals surface area contributed by atoms with Gasteiger partial charge in [0.15, 0.2) is 0 Å². The fraction of sp³-hybridized carbons (Fsp3) is 0. The average molecular weight is 270 g/mol. The van der Waals surface area contributed by atoms with Crippen molar-refractivity contribution in [2.24, 2.45) is 0 Å². The van der Waals surface area contributed by atoms with E-state index in [4.69, 9.17) is 0 Å². The Morgan fingerprint density at radius 3 is 1.00 bits per heavy atom. The molecule has 0 aliphatic heterocycles. The van der Waals surface area contributed by atoms with E-state index < -0.39 is 0 Å². The standard InChI is InChI=1S/Cu.Fe.Mn.Mo. The third-order valence-corrected chi connectivity index (χ3v) is 0. The van der Waals surface area contributed by atoms with Gasteiger partial charge in [-0.3, -0.25) is 0 Å². The van der Waals surface area contributed by atoms with Crippen molar-refractivity contribution in [3.8, 4) is 0 Å². The molecule has 0 bridgehead atoms. The summed E-state index contributed by atoms with van der Waals surface area (Å²) in [6, 6.07) is 0. The Kier molecular flexibility index (Phi) is 160. The molecule has 0 nitrogen and oxygen atoms in total. The van der Waals surface area contributed by atoms with Gasteiger partial charge in [0.25, 0.3) is 0 Å². The van der Waals surface area contributed by atoms with Gasteiger partial charge in [0, 0.05) is 72.3 Å². The van der Waals surface area contributed by atoms with Crippen LogP contribution in [-0.4, -0.2) is 0 Å². The van der Waals surface area contributed by atoms with Crippen LogP contribution in [0.25, 0.3) is 0 Å². The Morgan fingerprint density at radius 1 is 1.00 bits per heavy atom.